The maximum Gasteiger partial charge on any atom is 0.307 e. The molecule has 0 aliphatic heterocycles. The number of nitriles is 1. The van der Waals surface area contributed by atoms with E-state index in [4.69, 9.17) is 21.6 Å². The summed E-state index contributed by atoms with van der Waals surface area (Å²) in [5.74, 6) is -1.37. The molecule has 0 saturated heterocycles. The van der Waals surface area contributed by atoms with Gasteiger partial charge in [-0.05, 0) is 37.3 Å². The number of hydrogen-bond acceptors (Lipinski definition) is 6. The smallest absolute Gasteiger partial charge is 0.307 e. The maximum atomic E-state index is 12.1. The van der Waals surface area contributed by atoms with E-state index < -0.39 is 18.0 Å². The standard InChI is InChI=1S/C18H15ClN2O4S/c1-11(18(24)21-13-4-2-3-12(9-13)10-20)25-17(23)8-5-14(22)15-6-7-16(19)26-15/h2-4,6-7,9,11H,5,8H2,1H3,(H,21,24)/t11-/m1/s1. The molecular formula is C18H15ClN2O4S. The highest BCUT2D eigenvalue weighted by atomic mass is 35.5. The summed E-state index contributed by atoms with van der Waals surface area (Å²) in [4.78, 5) is 36.3. The van der Waals surface area contributed by atoms with E-state index in [-0.39, 0.29) is 18.6 Å². The Morgan fingerprint density at radius 2 is 2.04 bits per heavy atom. The molecule has 0 aliphatic rings. The summed E-state index contributed by atoms with van der Waals surface area (Å²) in [6.45, 7) is 1.43. The van der Waals surface area contributed by atoms with Crippen molar-refractivity contribution >= 4 is 46.3 Å². The molecule has 0 fully saturated rings. The van der Waals surface area contributed by atoms with Crippen molar-refractivity contribution in [1.82, 2.24) is 0 Å². The number of carbonyl (C=O) groups is 3. The third-order valence-electron chi connectivity index (χ3n) is 3.34. The maximum absolute atomic E-state index is 12.1. The lowest BCUT2D eigenvalue weighted by atomic mass is 10.2. The largest absolute Gasteiger partial charge is 0.453 e. The molecule has 1 atom stereocenters. The van der Waals surface area contributed by atoms with Gasteiger partial charge in [0.1, 0.15) is 0 Å². The lowest BCUT2D eigenvalue weighted by Gasteiger charge is -2.13. The van der Waals surface area contributed by atoms with E-state index in [9.17, 15) is 14.4 Å². The molecule has 2 aromatic rings. The molecule has 8 heteroatoms. The molecule has 0 saturated carbocycles. The molecule has 0 aliphatic carbocycles. The molecule has 1 aromatic carbocycles. The Hall–Kier alpha value is -2.69. The van der Waals surface area contributed by atoms with Gasteiger partial charge >= 0.3 is 5.97 Å². The Morgan fingerprint density at radius 1 is 1.27 bits per heavy atom. The number of rotatable bonds is 7. The van der Waals surface area contributed by atoms with E-state index in [1.54, 1.807) is 30.3 Å². The van der Waals surface area contributed by atoms with Crippen LogP contribution in [0.4, 0.5) is 5.69 Å². The second-order valence-corrected chi connectivity index (χ2v) is 7.06. The number of nitrogens with zero attached hydrogens (tertiary/aromatic N) is 1. The Morgan fingerprint density at radius 3 is 2.69 bits per heavy atom. The second kappa shape index (κ2) is 9.13. The summed E-state index contributed by atoms with van der Waals surface area (Å²) in [5.41, 5.74) is 0.835. The number of ketones is 1. The van der Waals surface area contributed by atoms with Crippen LogP contribution in [0.15, 0.2) is 36.4 Å². The summed E-state index contributed by atoms with van der Waals surface area (Å²) in [5, 5.41) is 11.4. The van der Waals surface area contributed by atoms with Crippen LogP contribution in [0.2, 0.25) is 4.34 Å². The van der Waals surface area contributed by atoms with Crippen LogP contribution in [0.25, 0.3) is 0 Å². The first-order chi connectivity index (χ1) is 12.4. The van der Waals surface area contributed by atoms with E-state index in [0.29, 0.717) is 20.5 Å². The van der Waals surface area contributed by atoms with E-state index in [2.05, 4.69) is 5.32 Å². The van der Waals surface area contributed by atoms with Crippen molar-refractivity contribution in [2.24, 2.45) is 0 Å². The van der Waals surface area contributed by atoms with Crippen molar-refractivity contribution in [3.63, 3.8) is 0 Å². The van der Waals surface area contributed by atoms with Crippen LogP contribution < -0.4 is 5.32 Å². The van der Waals surface area contributed by atoms with Crippen LogP contribution in [0.5, 0.6) is 0 Å². The van der Waals surface area contributed by atoms with Gasteiger partial charge in [0.15, 0.2) is 11.9 Å². The lowest BCUT2D eigenvalue weighted by Crippen LogP contribution is -2.30. The summed E-state index contributed by atoms with van der Waals surface area (Å²) >= 11 is 6.92. The van der Waals surface area contributed by atoms with Gasteiger partial charge in [0.2, 0.25) is 0 Å². The highest BCUT2D eigenvalue weighted by Gasteiger charge is 2.19. The van der Waals surface area contributed by atoms with Gasteiger partial charge < -0.3 is 10.1 Å². The molecule has 1 amide bonds. The third kappa shape index (κ3) is 5.69. The van der Waals surface area contributed by atoms with Crippen LogP contribution in [-0.4, -0.2) is 23.8 Å². The molecule has 1 heterocycles. The topological polar surface area (TPSA) is 96.3 Å². The van der Waals surface area contributed by atoms with Gasteiger partial charge in [0, 0.05) is 12.1 Å². The fourth-order valence-corrected chi connectivity index (χ4v) is 3.03. The molecule has 0 unspecified atom stereocenters. The molecule has 26 heavy (non-hydrogen) atoms. The van der Waals surface area contributed by atoms with Crippen molar-refractivity contribution in [2.75, 3.05) is 5.32 Å². The summed E-state index contributed by atoms with van der Waals surface area (Å²) in [7, 11) is 0. The van der Waals surface area contributed by atoms with Gasteiger partial charge in [-0.25, -0.2) is 0 Å². The SMILES string of the molecule is C[C@@H](OC(=O)CCC(=O)c1ccc(Cl)s1)C(=O)Nc1cccc(C#N)c1. The third-order valence-corrected chi connectivity index (χ3v) is 4.61. The van der Waals surface area contributed by atoms with Gasteiger partial charge in [0.05, 0.1) is 27.3 Å². The first-order valence-electron chi connectivity index (χ1n) is 7.68. The number of ether oxygens (including phenoxy) is 1. The zero-order valence-corrected chi connectivity index (χ0v) is 15.4. The van der Waals surface area contributed by atoms with Gasteiger partial charge in [-0.2, -0.15) is 5.26 Å². The average Bonchev–Trinajstić information content (AvgIpc) is 3.06. The van der Waals surface area contributed by atoms with Crippen LogP contribution in [0, 0.1) is 11.3 Å². The number of hydrogen-bond donors (Lipinski definition) is 1. The molecule has 0 bridgehead atoms. The van der Waals surface area contributed by atoms with E-state index in [1.165, 1.54) is 13.0 Å². The highest BCUT2D eigenvalue weighted by Crippen LogP contribution is 2.23. The first-order valence-corrected chi connectivity index (χ1v) is 8.87. The number of anilines is 1. The van der Waals surface area contributed by atoms with Crippen LogP contribution in [0.1, 0.15) is 35.0 Å². The minimum atomic E-state index is -1.03. The molecule has 0 spiro atoms. The summed E-state index contributed by atoms with van der Waals surface area (Å²) < 4.78 is 5.54. The van der Waals surface area contributed by atoms with Gasteiger partial charge in [-0.3, -0.25) is 14.4 Å². The van der Waals surface area contributed by atoms with Crippen molar-refractivity contribution in [1.29, 1.82) is 5.26 Å². The summed E-state index contributed by atoms with van der Waals surface area (Å²) in [6.07, 6.45) is -1.18. The van der Waals surface area contributed by atoms with Crippen molar-refractivity contribution < 1.29 is 19.1 Å². The normalized spacial score (nSPS) is 11.3. The molecule has 1 aromatic heterocycles. The van der Waals surface area contributed by atoms with Gasteiger partial charge in [-0.1, -0.05) is 17.7 Å². The first kappa shape index (κ1) is 19.6. The van der Waals surface area contributed by atoms with Gasteiger partial charge in [-0.15, -0.1) is 11.3 Å². The fourth-order valence-electron chi connectivity index (χ4n) is 2.02. The number of Topliss-reactive ketones (excluding diaryl/α,β-unsaturated/α-hetero) is 1. The second-order valence-electron chi connectivity index (χ2n) is 5.34. The van der Waals surface area contributed by atoms with E-state index in [0.717, 1.165) is 11.3 Å². The van der Waals surface area contributed by atoms with E-state index in [1.807, 2.05) is 6.07 Å². The van der Waals surface area contributed by atoms with Crippen molar-refractivity contribution in [3.05, 3.63) is 51.2 Å². The molecule has 0 radical (unpaired) electrons. The minimum Gasteiger partial charge on any atom is -0.453 e. The van der Waals surface area contributed by atoms with Gasteiger partial charge in [0.25, 0.3) is 5.91 Å². The van der Waals surface area contributed by atoms with Crippen LogP contribution >= 0.6 is 22.9 Å². The van der Waals surface area contributed by atoms with Crippen LogP contribution in [0.3, 0.4) is 0 Å². The Kier molecular flexibility index (Phi) is 6.89. The number of halogens is 1. The highest BCUT2D eigenvalue weighted by molar-refractivity contribution is 7.18. The molecule has 6 nitrogen and oxygen atoms in total. The zero-order valence-electron chi connectivity index (χ0n) is 13.8. The predicted octanol–water partition coefficient (Wildman–Crippen LogP) is 3.81. The van der Waals surface area contributed by atoms with Crippen molar-refractivity contribution in [3.8, 4) is 6.07 Å². The number of thiophene rings is 1. The Bertz CT molecular complexity index is 872. The number of benzene rings is 1. The predicted molar refractivity (Wildman–Crippen MR) is 98.2 cm³/mol. The number of nitrogens with one attached hydrogen (secondary N) is 1. The average molecular weight is 391 g/mol. The monoisotopic (exact) mass is 390 g/mol. The Balaban J connectivity index is 1.81. The molecule has 134 valence electrons. The molecular weight excluding hydrogens is 376 g/mol. The number of carbonyl (C=O) groups excluding carboxylic acids is 3. The van der Waals surface area contributed by atoms with E-state index >= 15 is 0 Å². The summed E-state index contributed by atoms with van der Waals surface area (Å²) in [6, 6.07) is 11.6. The number of esters is 1. The van der Waals surface area contributed by atoms with Crippen LogP contribution in [-0.2, 0) is 14.3 Å². The fraction of sp³-hybridized carbons (Fsp3) is 0.222. The molecule has 2 rings (SSSR count). The zero-order chi connectivity index (χ0) is 19.1. The minimum absolute atomic E-state index is 0.0196. The lowest BCUT2D eigenvalue weighted by molar-refractivity contribution is -0.153. The quantitative estimate of drug-likeness (QED) is 0.572. The van der Waals surface area contributed by atoms with Crippen molar-refractivity contribution in [2.45, 2.75) is 25.9 Å². The Labute approximate surface area is 159 Å². The molecule has 1 N–H and O–H groups in total. The number of amides is 1.